The summed E-state index contributed by atoms with van der Waals surface area (Å²) in [6.07, 6.45) is 0. The Bertz CT molecular complexity index is 895. The fourth-order valence-corrected chi connectivity index (χ4v) is 4.79. The predicted molar refractivity (Wildman–Crippen MR) is 106 cm³/mol. The van der Waals surface area contributed by atoms with Crippen LogP contribution < -0.4 is 5.32 Å². The van der Waals surface area contributed by atoms with E-state index in [4.69, 9.17) is 0 Å². The molecular weight excluding hydrogens is 386 g/mol. The highest BCUT2D eigenvalue weighted by Gasteiger charge is 2.23. The highest BCUT2D eigenvalue weighted by molar-refractivity contribution is 7.91. The van der Waals surface area contributed by atoms with Crippen LogP contribution in [0.2, 0.25) is 0 Å². The Morgan fingerprint density at radius 3 is 2.52 bits per heavy atom. The van der Waals surface area contributed by atoms with Crippen molar-refractivity contribution in [2.75, 3.05) is 25.5 Å². The van der Waals surface area contributed by atoms with Crippen LogP contribution in [0.1, 0.15) is 19.4 Å². The van der Waals surface area contributed by atoms with Gasteiger partial charge in [-0.15, -0.1) is 11.3 Å². The van der Waals surface area contributed by atoms with Crippen LogP contribution in [0.3, 0.4) is 0 Å². The maximum absolute atomic E-state index is 12.4. The molecule has 2 amide bonds. The number of anilines is 1. The van der Waals surface area contributed by atoms with Crippen LogP contribution in [0.4, 0.5) is 5.69 Å². The number of nitrogens with zero attached hydrogens (tertiary/aromatic N) is 2. The van der Waals surface area contributed by atoms with Gasteiger partial charge < -0.3 is 10.2 Å². The average Bonchev–Trinajstić information content (AvgIpc) is 3.15. The lowest BCUT2D eigenvalue weighted by atomic mass is 10.2. The zero-order valence-electron chi connectivity index (χ0n) is 15.5. The zero-order chi connectivity index (χ0) is 20.0. The highest BCUT2D eigenvalue weighted by Crippen LogP contribution is 2.20. The fourth-order valence-electron chi connectivity index (χ4n) is 2.47. The second-order valence-corrected chi connectivity index (χ2v) is 9.19. The molecule has 1 N–H and O–H groups in total. The molecule has 0 aliphatic heterocycles. The Morgan fingerprint density at radius 2 is 1.93 bits per heavy atom. The van der Waals surface area contributed by atoms with Crippen molar-refractivity contribution in [3.63, 3.8) is 0 Å². The summed E-state index contributed by atoms with van der Waals surface area (Å²) >= 11 is 1.11. The molecule has 0 radical (unpaired) electrons. The first-order valence-corrected chi connectivity index (χ1v) is 10.7. The maximum atomic E-state index is 12.4. The highest BCUT2D eigenvalue weighted by atomic mass is 32.2. The second-order valence-electron chi connectivity index (χ2n) is 5.97. The van der Waals surface area contributed by atoms with Gasteiger partial charge in [-0.1, -0.05) is 18.2 Å². The van der Waals surface area contributed by atoms with E-state index in [9.17, 15) is 18.0 Å². The van der Waals surface area contributed by atoms with E-state index in [1.54, 1.807) is 34.5 Å². The number of carbonyl (C=O) groups excluding carboxylic acids is 2. The maximum Gasteiger partial charge on any atom is 0.252 e. The number of hydrogen-bond donors (Lipinski definition) is 1. The molecule has 0 aliphatic carbocycles. The molecule has 0 spiro atoms. The Morgan fingerprint density at radius 1 is 1.19 bits per heavy atom. The van der Waals surface area contributed by atoms with Gasteiger partial charge in [0, 0.05) is 32.7 Å². The van der Waals surface area contributed by atoms with Crippen LogP contribution in [0, 0.1) is 0 Å². The van der Waals surface area contributed by atoms with Crippen LogP contribution in [-0.4, -0.2) is 49.6 Å². The summed E-state index contributed by atoms with van der Waals surface area (Å²) in [4.78, 5) is 25.5. The number of likely N-dealkylation sites (N-methyl/N-ethyl adjacent to an activating group) is 1. The molecule has 0 unspecified atom stereocenters. The summed E-state index contributed by atoms with van der Waals surface area (Å²) in [5.41, 5.74) is 1.43. The molecule has 0 aliphatic rings. The first kappa shape index (κ1) is 21.1. The Labute approximate surface area is 163 Å². The van der Waals surface area contributed by atoms with Crippen molar-refractivity contribution in [1.82, 2.24) is 9.21 Å². The van der Waals surface area contributed by atoms with Gasteiger partial charge in [0.15, 0.2) is 0 Å². The van der Waals surface area contributed by atoms with Crippen molar-refractivity contribution in [2.24, 2.45) is 0 Å². The molecule has 0 saturated heterocycles. The Balaban J connectivity index is 2.01. The van der Waals surface area contributed by atoms with Gasteiger partial charge in [0.05, 0.1) is 6.54 Å². The topological polar surface area (TPSA) is 86.8 Å². The van der Waals surface area contributed by atoms with Gasteiger partial charge in [-0.05, 0) is 36.1 Å². The van der Waals surface area contributed by atoms with Crippen molar-refractivity contribution >= 4 is 38.9 Å². The third-order valence-corrected chi connectivity index (χ3v) is 7.11. The predicted octanol–water partition coefficient (Wildman–Crippen LogP) is 2.38. The van der Waals surface area contributed by atoms with E-state index >= 15 is 0 Å². The van der Waals surface area contributed by atoms with Crippen LogP contribution in [0.15, 0.2) is 46.0 Å². The molecule has 9 heteroatoms. The van der Waals surface area contributed by atoms with Crippen LogP contribution >= 0.6 is 11.3 Å². The number of thiophene rings is 1. The number of hydrogen-bond acceptors (Lipinski definition) is 5. The number of nitrogens with one attached hydrogen (secondary N) is 1. The van der Waals surface area contributed by atoms with E-state index in [1.165, 1.54) is 20.0 Å². The molecule has 1 aromatic carbocycles. The second kappa shape index (κ2) is 9.12. The van der Waals surface area contributed by atoms with Crippen molar-refractivity contribution in [3.05, 3.63) is 47.3 Å². The minimum Gasteiger partial charge on any atom is -0.339 e. The van der Waals surface area contributed by atoms with Crippen molar-refractivity contribution in [3.8, 4) is 0 Å². The number of carbonyl (C=O) groups is 2. The van der Waals surface area contributed by atoms with E-state index in [-0.39, 0.29) is 16.7 Å². The molecule has 1 heterocycles. The normalized spacial score (nSPS) is 11.4. The summed E-state index contributed by atoms with van der Waals surface area (Å²) in [5.74, 6) is -0.457. The molecule has 2 aromatic rings. The molecule has 146 valence electrons. The lowest BCUT2D eigenvalue weighted by molar-refractivity contribution is -0.129. The molecule has 1 aromatic heterocycles. The monoisotopic (exact) mass is 409 g/mol. The van der Waals surface area contributed by atoms with Gasteiger partial charge in [-0.3, -0.25) is 9.59 Å². The summed E-state index contributed by atoms with van der Waals surface area (Å²) in [7, 11) is -2.30. The van der Waals surface area contributed by atoms with Gasteiger partial charge in [0.25, 0.3) is 10.0 Å². The molecular formula is C18H23N3O4S2. The molecule has 0 saturated carbocycles. The van der Waals surface area contributed by atoms with Crippen LogP contribution in [0.25, 0.3) is 0 Å². The minimum atomic E-state index is -3.67. The van der Waals surface area contributed by atoms with Crippen LogP contribution in [0.5, 0.6) is 0 Å². The van der Waals surface area contributed by atoms with Gasteiger partial charge in [0.1, 0.15) is 4.21 Å². The largest absolute Gasteiger partial charge is 0.339 e. The van der Waals surface area contributed by atoms with Gasteiger partial charge in [-0.2, -0.15) is 4.31 Å². The summed E-state index contributed by atoms with van der Waals surface area (Å²) in [6, 6.07) is 10.3. The first-order valence-electron chi connectivity index (χ1n) is 8.38. The van der Waals surface area contributed by atoms with E-state index in [0.717, 1.165) is 21.2 Å². The van der Waals surface area contributed by atoms with E-state index in [0.29, 0.717) is 18.8 Å². The van der Waals surface area contributed by atoms with Gasteiger partial charge in [0.2, 0.25) is 11.8 Å². The lowest BCUT2D eigenvalue weighted by Gasteiger charge is -2.19. The average molecular weight is 410 g/mol. The van der Waals surface area contributed by atoms with Crippen molar-refractivity contribution in [1.29, 1.82) is 0 Å². The molecule has 0 fully saturated rings. The third-order valence-electron chi connectivity index (χ3n) is 3.94. The molecule has 7 nitrogen and oxygen atoms in total. The third kappa shape index (κ3) is 5.62. The number of amides is 2. The van der Waals surface area contributed by atoms with Crippen molar-refractivity contribution < 1.29 is 18.0 Å². The summed E-state index contributed by atoms with van der Waals surface area (Å²) in [6.45, 7) is 4.16. The van der Waals surface area contributed by atoms with Crippen molar-refractivity contribution in [2.45, 2.75) is 24.6 Å². The smallest absolute Gasteiger partial charge is 0.252 e. The molecule has 0 atom stereocenters. The zero-order valence-corrected chi connectivity index (χ0v) is 17.1. The summed E-state index contributed by atoms with van der Waals surface area (Å²) < 4.78 is 26.0. The van der Waals surface area contributed by atoms with E-state index in [2.05, 4.69) is 5.32 Å². The van der Waals surface area contributed by atoms with Crippen LogP contribution in [-0.2, 0) is 26.2 Å². The SMILES string of the molecule is CCN(Cc1cccc(NC(=O)CN(C)S(=O)(=O)c2cccs2)c1)C(C)=O. The van der Waals surface area contributed by atoms with E-state index < -0.39 is 15.9 Å². The Hall–Kier alpha value is -2.23. The quantitative estimate of drug-likeness (QED) is 0.725. The number of sulfonamides is 1. The Kier molecular flexibility index (Phi) is 7.11. The number of rotatable bonds is 8. The minimum absolute atomic E-state index is 0.0210. The molecule has 0 bridgehead atoms. The lowest BCUT2D eigenvalue weighted by Crippen LogP contribution is -2.34. The van der Waals surface area contributed by atoms with Gasteiger partial charge in [-0.25, -0.2) is 8.42 Å². The van der Waals surface area contributed by atoms with E-state index in [1.807, 2.05) is 13.0 Å². The number of benzene rings is 1. The fraction of sp³-hybridized carbons (Fsp3) is 0.333. The standard InChI is InChI=1S/C18H23N3O4S2/c1-4-21(14(2)22)12-15-7-5-8-16(11-15)19-17(23)13-20(3)27(24,25)18-9-6-10-26-18/h5-11H,4,12-13H2,1-3H3,(H,19,23). The summed E-state index contributed by atoms with van der Waals surface area (Å²) in [5, 5.41) is 4.38. The van der Waals surface area contributed by atoms with Gasteiger partial charge >= 0.3 is 0 Å². The first-order chi connectivity index (χ1) is 12.7. The molecule has 27 heavy (non-hydrogen) atoms. The molecule has 2 rings (SSSR count).